The van der Waals surface area contributed by atoms with E-state index in [2.05, 4.69) is 44.2 Å². The molecule has 15 heavy (non-hydrogen) atoms. The molecule has 0 spiro atoms. The minimum atomic E-state index is 0.279. The van der Waals surface area contributed by atoms with E-state index in [1.165, 1.54) is 11.1 Å². The van der Waals surface area contributed by atoms with Gasteiger partial charge in [-0.3, -0.25) is 0 Å². The van der Waals surface area contributed by atoms with Gasteiger partial charge in [0.15, 0.2) is 0 Å². The molecule has 2 atom stereocenters. The number of hydrogen-bond donors (Lipinski definition) is 0. The van der Waals surface area contributed by atoms with Gasteiger partial charge in [0, 0.05) is 5.92 Å². The van der Waals surface area contributed by atoms with E-state index in [9.17, 15) is 0 Å². The van der Waals surface area contributed by atoms with Crippen LogP contribution in [0, 0.1) is 23.2 Å². The van der Waals surface area contributed by atoms with Crippen molar-refractivity contribution in [3.05, 3.63) is 35.4 Å². The van der Waals surface area contributed by atoms with Gasteiger partial charge in [-0.25, -0.2) is 0 Å². The Morgan fingerprint density at radius 1 is 1.33 bits per heavy atom. The van der Waals surface area contributed by atoms with Crippen LogP contribution in [0.1, 0.15) is 37.3 Å². The number of hydrogen-bond acceptors (Lipinski definition) is 1. The van der Waals surface area contributed by atoms with E-state index in [1.807, 2.05) is 0 Å². The van der Waals surface area contributed by atoms with Crippen LogP contribution in [-0.4, -0.2) is 0 Å². The third-order valence-electron chi connectivity index (χ3n) is 3.01. The summed E-state index contributed by atoms with van der Waals surface area (Å²) in [6, 6.07) is 11.1. The average molecular weight is 199 g/mol. The molecule has 2 rings (SSSR count). The van der Waals surface area contributed by atoms with Crippen molar-refractivity contribution in [1.29, 1.82) is 5.26 Å². The van der Waals surface area contributed by atoms with Crippen LogP contribution in [0.5, 0.6) is 0 Å². The van der Waals surface area contributed by atoms with Gasteiger partial charge in [-0.05, 0) is 29.9 Å². The van der Waals surface area contributed by atoms with Gasteiger partial charge in [0.25, 0.3) is 0 Å². The maximum Gasteiger partial charge on any atom is 0.0662 e. The molecule has 1 aliphatic rings. The van der Waals surface area contributed by atoms with Gasteiger partial charge in [0.1, 0.15) is 0 Å². The second-order valence-electron chi connectivity index (χ2n) is 4.92. The van der Waals surface area contributed by atoms with E-state index in [1.54, 1.807) is 0 Å². The molecule has 0 aliphatic heterocycles. The molecular formula is C14H17N. The standard InChI is InChI=1S/C14H17N/c1-10(2)7-11-3-5-12(6-4-11)14-8-13(14)9-15/h3-6,10,13-14H,7-8H2,1-2H3. The Bertz CT molecular complexity index is 369. The lowest BCUT2D eigenvalue weighted by Gasteiger charge is -2.05. The van der Waals surface area contributed by atoms with Crippen molar-refractivity contribution in [3.63, 3.8) is 0 Å². The SMILES string of the molecule is CC(C)Cc1ccc(C2CC2C#N)cc1. The summed E-state index contributed by atoms with van der Waals surface area (Å²) < 4.78 is 0. The lowest BCUT2D eigenvalue weighted by Crippen LogP contribution is -1.94. The third-order valence-corrected chi connectivity index (χ3v) is 3.01. The van der Waals surface area contributed by atoms with Crippen LogP contribution in [0.4, 0.5) is 0 Å². The molecule has 0 heterocycles. The van der Waals surface area contributed by atoms with Gasteiger partial charge in [0.2, 0.25) is 0 Å². The lowest BCUT2D eigenvalue weighted by atomic mass is 10.0. The molecule has 1 fully saturated rings. The molecule has 1 aromatic rings. The summed E-state index contributed by atoms with van der Waals surface area (Å²) in [6.07, 6.45) is 2.20. The van der Waals surface area contributed by atoms with Crippen molar-refractivity contribution in [2.24, 2.45) is 11.8 Å². The second kappa shape index (κ2) is 4.06. The maximum absolute atomic E-state index is 8.76. The molecular weight excluding hydrogens is 182 g/mol. The highest BCUT2D eigenvalue weighted by Crippen LogP contribution is 2.46. The summed E-state index contributed by atoms with van der Waals surface area (Å²) in [4.78, 5) is 0. The van der Waals surface area contributed by atoms with Crippen LogP contribution in [0.3, 0.4) is 0 Å². The minimum Gasteiger partial charge on any atom is -0.198 e. The first-order valence-electron chi connectivity index (χ1n) is 5.69. The second-order valence-corrected chi connectivity index (χ2v) is 4.92. The van der Waals surface area contributed by atoms with Gasteiger partial charge in [-0.1, -0.05) is 38.1 Å². The van der Waals surface area contributed by atoms with Crippen LogP contribution in [0.25, 0.3) is 0 Å². The summed E-state index contributed by atoms with van der Waals surface area (Å²) in [5, 5.41) is 8.76. The highest BCUT2D eigenvalue weighted by molar-refractivity contribution is 5.31. The Labute approximate surface area is 91.7 Å². The van der Waals surface area contributed by atoms with Gasteiger partial charge >= 0.3 is 0 Å². The number of rotatable bonds is 3. The lowest BCUT2D eigenvalue weighted by molar-refractivity contribution is 0.647. The summed E-state index contributed by atoms with van der Waals surface area (Å²) in [6.45, 7) is 4.47. The smallest absolute Gasteiger partial charge is 0.0662 e. The summed E-state index contributed by atoms with van der Waals surface area (Å²) in [7, 11) is 0. The zero-order chi connectivity index (χ0) is 10.8. The highest BCUT2D eigenvalue weighted by atomic mass is 14.4. The Morgan fingerprint density at radius 2 is 2.00 bits per heavy atom. The van der Waals surface area contributed by atoms with Crippen LogP contribution >= 0.6 is 0 Å². The number of nitrogens with zero attached hydrogens (tertiary/aromatic N) is 1. The van der Waals surface area contributed by atoms with Gasteiger partial charge in [0.05, 0.1) is 12.0 Å². The molecule has 78 valence electrons. The van der Waals surface area contributed by atoms with Gasteiger partial charge < -0.3 is 0 Å². The molecule has 1 aliphatic carbocycles. The first-order chi connectivity index (χ1) is 7.20. The first-order valence-corrected chi connectivity index (χ1v) is 5.69. The van der Waals surface area contributed by atoms with Gasteiger partial charge in [-0.2, -0.15) is 5.26 Å². The van der Waals surface area contributed by atoms with Crippen LogP contribution in [-0.2, 0) is 6.42 Å². The van der Waals surface area contributed by atoms with E-state index in [4.69, 9.17) is 5.26 Å². The van der Waals surface area contributed by atoms with E-state index in [0.29, 0.717) is 11.8 Å². The molecule has 1 aromatic carbocycles. The Balaban J connectivity index is 2.02. The molecule has 0 aromatic heterocycles. The average Bonchev–Trinajstić information content (AvgIpc) is 2.97. The van der Waals surface area contributed by atoms with E-state index < -0.39 is 0 Å². The molecule has 1 saturated carbocycles. The van der Waals surface area contributed by atoms with Crippen LogP contribution in [0.15, 0.2) is 24.3 Å². The van der Waals surface area contributed by atoms with Crippen molar-refractivity contribution in [3.8, 4) is 6.07 Å². The molecule has 2 unspecified atom stereocenters. The van der Waals surface area contributed by atoms with E-state index in [-0.39, 0.29) is 5.92 Å². The Hall–Kier alpha value is -1.29. The first kappa shape index (κ1) is 10.2. The zero-order valence-electron chi connectivity index (χ0n) is 9.40. The number of nitriles is 1. The van der Waals surface area contributed by atoms with Crippen molar-refractivity contribution >= 4 is 0 Å². The fourth-order valence-electron chi connectivity index (χ4n) is 2.08. The van der Waals surface area contributed by atoms with Crippen molar-refractivity contribution in [2.45, 2.75) is 32.6 Å². The normalized spacial score (nSPS) is 23.9. The highest BCUT2D eigenvalue weighted by Gasteiger charge is 2.38. The summed E-state index contributed by atoms with van der Waals surface area (Å²) in [5.74, 6) is 1.51. The molecule has 0 amide bonds. The van der Waals surface area contributed by atoms with Gasteiger partial charge in [-0.15, -0.1) is 0 Å². The predicted molar refractivity (Wildman–Crippen MR) is 61.4 cm³/mol. The molecule has 0 N–H and O–H groups in total. The Morgan fingerprint density at radius 3 is 2.47 bits per heavy atom. The Kier molecular flexibility index (Phi) is 2.77. The van der Waals surface area contributed by atoms with E-state index in [0.717, 1.165) is 12.8 Å². The summed E-state index contributed by atoms with van der Waals surface area (Å²) >= 11 is 0. The predicted octanol–water partition coefficient (Wildman–Crippen LogP) is 3.51. The monoisotopic (exact) mass is 199 g/mol. The van der Waals surface area contributed by atoms with Crippen molar-refractivity contribution < 1.29 is 0 Å². The molecule has 0 bridgehead atoms. The fraction of sp³-hybridized carbons (Fsp3) is 0.500. The molecule has 0 radical (unpaired) electrons. The van der Waals surface area contributed by atoms with Crippen LogP contribution in [0.2, 0.25) is 0 Å². The van der Waals surface area contributed by atoms with Crippen molar-refractivity contribution in [1.82, 2.24) is 0 Å². The largest absolute Gasteiger partial charge is 0.198 e. The zero-order valence-corrected chi connectivity index (χ0v) is 9.40. The minimum absolute atomic E-state index is 0.279. The molecule has 1 heteroatoms. The third kappa shape index (κ3) is 2.39. The van der Waals surface area contributed by atoms with E-state index >= 15 is 0 Å². The fourth-order valence-corrected chi connectivity index (χ4v) is 2.08. The summed E-state index contributed by atoms with van der Waals surface area (Å²) in [5.41, 5.74) is 2.75. The topological polar surface area (TPSA) is 23.8 Å². The molecule has 0 saturated heterocycles. The quantitative estimate of drug-likeness (QED) is 0.730. The number of benzene rings is 1. The molecule has 1 nitrogen and oxygen atoms in total. The maximum atomic E-state index is 8.76. The van der Waals surface area contributed by atoms with Crippen LogP contribution < -0.4 is 0 Å². The van der Waals surface area contributed by atoms with Crippen molar-refractivity contribution in [2.75, 3.05) is 0 Å².